The van der Waals surface area contributed by atoms with Crippen molar-refractivity contribution in [2.24, 2.45) is 23.7 Å². The van der Waals surface area contributed by atoms with Crippen molar-refractivity contribution in [3.8, 4) is 5.75 Å². The molecular formula is C28H37FN4O4S. The number of hydrogen-bond donors (Lipinski definition) is 0. The molecule has 1 aromatic heterocycles. The van der Waals surface area contributed by atoms with Crippen molar-refractivity contribution < 1.29 is 23.5 Å². The number of amides is 1. The van der Waals surface area contributed by atoms with Crippen LogP contribution < -0.4 is 4.74 Å². The van der Waals surface area contributed by atoms with Crippen LogP contribution in [0.3, 0.4) is 0 Å². The zero-order chi connectivity index (χ0) is 26.6. The quantitative estimate of drug-likeness (QED) is 0.311. The Morgan fingerprint density at radius 2 is 1.92 bits per heavy atom. The fourth-order valence-electron chi connectivity index (χ4n) is 6.54. The largest absolute Gasteiger partial charge is 0.483 e. The highest BCUT2D eigenvalue weighted by Crippen LogP contribution is 2.52. The number of esters is 1. The van der Waals surface area contributed by atoms with Gasteiger partial charge in [-0.1, -0.05) is 30.3 Å². The molecular weight excluding hydrogens is 507 g/mol. The molecule has 10 heteroatoms. The first-order valence-corrected chi connectivity index (χ1v) is 14.8. The Labute approximate surface area is 227 Å². The number of fused-ring (bicyclic) bond motifs is 2. The number of aromatic nitrogens is 3. The van der Waals surface area contributed by atoms with Crippen LogP contribution in [0.4, 0.5) is 4.39 Å². The lowest BCUT2D eigenvalue weighted by Crippen LogP contribution is -2.41. The van der Waals surface area contributed by atoms with Crippen LogP contribution in [0.5, 0.6) is 5.75 Å². The number of halogens is 1. The third kappa shape index (κ3) is 5.84. The van der Waals surface area contributed by atoms with Crippen LogP contribution in [0.25, 0.3) is 0 Å². The molecule has 8 nitrogen and oxygen atoms in total. The number of thioether (sulfide) groups is 1. The van der Waals surface area contributed by atoms with E-state index in [1.54, 1.807) is 18.2 Å². The summed E-state index contributed by atoms with van der Waals surface area (Å²) < 4.78 is 27.2. The molecule has 2 bridgehead atoms. The van der Waals surface area contributed by atoms with Crippen LogP contribution >= 0.6 is 11.8 Å². The van der Waals surface area contributed by atoms with Gasteiger partial charge in [-0.05, 0) is 75.8 Å². The molecule has 4 atom stereocenters. The maximum absolute atomic E-state index is 14.2. The zero-order valence-electron chi connectivity index (χ0n) is 22.2. The normalized spacial score (nSPS) is 24.0. The molecule has 1 aliphatic heterocycles. The van der Waals surface area contributed by atoms with Crippen molar-refractivity contribution in [1.82, 2.24) is 19.7 Å². The van der Waals surface area contributed by atoms with Gasteiger partial charge in [0.05, 0.1) is 18.3 Å². The van der Waals surface area contributed by atoms with E-state index in [1.165, 1.54) is 43.5 Å². The Bertz CT molecular complexity index is 1140. The first-order chi connectivity index (χ1) is 18.4. The Kier molecular flexibility index (Phi) is 8.55. The summed E-state index contributed by atoms with van der Waals surface area (Å²) in [6.45, 7) is 5.62. The molecule has 1 aromatic carbocycles. The number of piperidine rings is 1. The van der Waals surface area contributed by atoms with Crippen molar-refractivity contribution >= 4 is 23.6 Å². The zero-order valence-corrected chi connectivity index (χ0v) is 23.0. The standard InChI is InChI=1S/C28H37FN4O4S/c1-3-36-27(35)20-10-12-32(13-11-20)26(34)17-38-28-31-30-25(16-37-24-7-5-4-6-23(24)29)33(28)18(2)22-15-19-8-9-21(22)14-19/h4-7,18-22H,3,8-17H2,1-2H3/t18-,19+,21+,22+/m1/s1. The summed E-state index contributed by atoms with van der Waals surface area (Å²) in [5.74, 6) is 2.45. The van der Waals surface area contributed by atoms with Gasteiger partial charge in [0.25, 0.3) is 0 Å². The Morgan fingerprint density at radius 1 is 1.13 bits per heavy atom. The van der Waals surface area contributed by atoms with Gasteiger partial charge in [0.1, 0.15) is 6.61 Å². The Morgan fingerprint density at radius 3 is 2.61 bits per heavy atom. The first-order valence-electron chi connectivity index (χ1n) is 13.8. The summed E-state index contributed by atoms with van der Waals surface area (Å²) >= 11 is 1.39. The van der Waals surface area contributed by atoms with Gasteiger partial charge in [-0.25, -0.2) is 4.39 Å². The molecule has 3 aliphatic rings. The smallest absolute Gasteiger partial charge is 0.309 e. The molecule has 2 aromatic rings. The monoisotopic (exact) mass is 544 g/mol. The highest BCUT2D eigenvalue weighted by Gasteiger charge is 2.43. The molecule has 0 radical (unpaired) electrons. The summed E-state index contributed by atoms with van der Waals surface area (Å²) in [6, 6.07) is 6.52. The fraction of sp³-hybridized carbons (Fsp3) is 0.643. The van der Waals surface area contributed by atoms with E-state index in [9.17, 15) is 14.0 Å². The van der Waals surface area contributed by atoms with Crippen LogP contribution in [0, 0.1) is 29.5 Å². The van der Waals surface area contributed by atoms with E-state index in [0.29, 0.717) is 55.4 Å². The minimum Gasteiger partial charge on any atom is -0.483 e. The molecule has 2 saturated carbocycles. The van der Waals surface area contributed by atoms with E-state index in [0.717, 1.165) is 5.92 Å². The molecule has 3 fully saturated rings. The SMILES string of the molecule is CCOC(=O)C1CCN(C(=O)CSc2nnc(COc3ccccc3F)n2[C@H](C)[C@@H]2C[C@H]3CC[C@H]2C3)CC1. The minimum absolute atomic E-state index is 0.0311. The highest BCUT2D eigenvalue weighted by molar-refractivity contribution is 7.99. The van der Waals surface area contributed by atoms with Crippen LogP contribution in [0.15, 0.2) is 29.4 Å². The van der Waals surface area contributed by atoms with Crippen LogP contribution in [0.2, 0.25) is 0 Å². The van der Waals surface area contributed by atoms with Crippen molar-refractivity contribution in [2.75, 3.05) is 25.4 Å². The third-order valence-electron chi connectivity index (χ3n) is 8.54. The second kappa shape index (κ2) is 12.1. The lowest BCUT2D eigenvalue weighted by atomic mass is 9.84. The van der Waals surface area contributed by atoms with E-state index < -0.39 is 5.82 Å². The summed E-state index contributed by atoms with van der Waals surface area (Å²) in [5, 5.41) is 9.57. The molecule has 206 valence electrons. The maximum atomic E-state index is 14.2. The second-order valence-electron chi connectivity index (χ2n) is 10.8. The highest BCUT2D eigenvalue weighted by atomic mass is 32.2. The number of benzene rings is 1. The molecule has 5 rings (SSSR count). The van der Waals surface area contributed by atoms with Gasteiger partial charge in [-0.15, -0.1) is 10.2 Å². The third-order valence-corrected chi connectivity index (χ3v) is 9.47. The lowest BCUT2D eigenvalue weighted by Gasteiger charge is -2.31. The average molecular weight is 545 g/mol. The van der Waals surface area contributed by atoms with Gasteiger partial charge in [0.15, 0.2) is 22.5 Å². The van der Waals surface area contributed by atoms with Crippen molar-refractivity contribution in [3.63, 3.8) is 0 Å². The van der Waals surface area contributed by atoms with Gasteiger partial charge in [-0.2, -0.15) is 0 Å². The van der Waals surface area contributed by atoms with E-state index in [4.69, 9.17) is 9.47 Å². The van der Waals surface area contributed by atoms with Crippen molar-refractivity contribution in [3.05, 3.63) is 35.9 Å². The van der Waals surface area contributed by atoms with Crippen LogP contribution in [0.1, 0.15) is 64.2 Å². The first kappa shape index (κ1) is 27.0. The molecule has 2 aliphatic carbocycles. The number of hydrogen-bond acceptors (Lipinski definition) is 7. The number of nitrogens with zero attached hydrogens (tertiary/aromatic N) is 4. The Hall–Kier alpha value is -2.62. The predicted octanol–water partition coefficient (Wildman–Crippen LogP) is 4.89. The number of ether oxygens (including phenoxy) is 2. The van der Waals surface area contributed by atoms with Crippen LogP contribution in [-0.4, -0.2) is 57.0 Å². The molecule has 0 unspecified atom stereocenters. The average Bonchev–Trinajstić information content (AvgIpc) is 3.67. The van der Waals surface area contributed by atoms with Gasteiger partial charge in [0, 0.05) is 19.1 Å². The number of carbonyl (C=O) groups is 2. The topological polar surface area (TPSA) is 86.6 Å². The molecule has 38 heavy (non-hydrogen) atoms. The van der Waals surface area contributed by atoms with Gasteiger partial charge in [0.2, 0.25) is 5.91 Å². The Balaban J connectivity index is 1.25. The number of likely N-dealkylation sites (tertiary alicyclic amines) is 1. The van der Waals surface area contributed by atoms with Crippen LogP contribution in [-0.2, 0) is 20.9 Å². The number of carbonyl (C=O) groups excluding carboxylic acids is 2. The molecule has 0 spiro atoms. The molecule has 1 amide bonds. The predicted molar refractivity (Wildman–Crippen MR) is 141 cm³/mol. The van der Waals surface area contributed by atoms with Crippen molar-refractivity contribution in [2.45, 2.75) is 70.2 Å². The van der Waals surface area contributed by atoms with Gasteiger partial charge >= 0.3 is 5.97 Å². The minimum atomic E-state index is -0.411. The van der Waals surface area contributed by atoms with E-state index in [1.807, 2.05) is 11.8 Å². The summed E-state index contributed by atoms with van der Waals surface area (Å²) in [4.78, 5) is 26.9. The second-order valence-corrected chi connectivity index (χ2v) is 11.7. The molecule has 1 saturated heterocycles. The van der Waals surface area contributed by atoms with Gasteiger partial charge in [-0.3, -0.25) is 14.2 Å². The van der Waals surface area contributed by atoms with Gasteiger partial charge < -0.3 is 14.4 Å². The summed E-state index contributed by atoms with van der Waals surface area (Å²) in [5.41, 5.74) is 0. The number of para-hydroxylation sites is 1. The van der Waals surface area contributed by atoms with E-state index in [2.05, 4.69) is 21.7 Å². The molecule has 0 N–H and O–H groups in total. The maximum Gasteiger partial charge on any atom is 0.309 e. The lowest BCUT2D eigenvalue weighted by molar-refractivity contribution is -0.151. The summed E-state index contributed by atoms with van der Waals surface area (Å²) in [7, 11) is 0. The summed E-state index contributed by atoms with van der Waals surface area (Å²) in [6.07, 6.45) is 6.35. The van der Waals surface area contributed by atoms with E-state index in [-0.39, 0.29) is 41.9 Å². The van der Waals surface area contributed by atoms with E-state index >= 15 is 0 Å². The molecule has 2 heterocycles. The fourth-order valence-corrected chi connectivity index (χ4v) is 7.48. The van der Waals surface area contributed by atoms with Crippen molar-refractivity contribution in [1.29, 1.82) is 0 Å². The number of rotatable bonds is 10.